The fraction of sp³-hybridized carbons (Fsp3) is 0.143. The molecule has 0 atom stereocenters. The average Bonchev–Trinajstić information content (AvgIpc) is 2.59. The van der Waals surface area contributed by atoms with Crippen LogP contribution in [0.3, 0.4) is 0 Å². The standard InChI is InChI=1S/C21H17F3/c1-14-5-9-18(13-20(14)23)16-10-6-15(7-11-16)8-12-17-3-2-4-19(22)21(17)24/h2-7,9-11,13H,8,12H2,1H3. The first-order valence-corrected chi connectivity index (χ1v) is 7.83. The van der Waals surface area contributed by atoms with Crippen LogP contribution in [0.4, 0.5) is 13.2 Å². The van der Waals surface area contributed by atoms with Gasteiger partial charge in [-0.25, -0.2) is 13.2 Å². The Labute approximate surface area is 139 Å². The highest BCUT2D eigenvalue weighted by molar-refractivity contribution is 5.64. The van der Waals surface area contributed by atoms with E-state index >= 15 is 0 Å². The van der Waals surface area contributed by atoms with Crippen molar-refractivity contribution >= 4 is 0 Å². The molecule has 3 heteroatoms. The Bertz CT molecular complexity index is 851. The maximum Gasteiger partial charge on any atom is 0.162 e. The molecule has 122 valence electrons. The first-order valence-electron chi connectivity index (χ1n) is 7.83. The zero-order chi connectivity index (χ0) is 17.1. The van der Waals surface area contributed by atoms with Crippen molar-refractivity contribution in [2.45, 2.75) is 19.8 Å². The maximum atomic E-state index is 13.7. The Morgan fingerprint density at radius 2 is 1.42 bits per heavy atom. The smallest absolute Gasteiger partial charge is 0.162 e. The van der Waals surface area contributed by atoms with Gasteiger partial charge >= 0.3 is 0 Å². The predicted molar refractivity (Wildman–Crippen MR) is 90.3 cm³/mol. The van der Waals surface area contributed by atoms with E-state index in [-0.39, 0.29) is 5.82 Å². The average molecular weight is 326 g/mol. The number of benzene rings is 3. The molecule has 0 saturated heterocycles. The van der Waals surface area contributed by atoms with E-state index in [1.165, 1.54) is 12.1 Å². The molecule has 0 aromatic heterocycles. The second-order valence-corrected chi connectivity index (χ2v) is 5.87. The highest BCUT2D eigenvalue weighted by Crippen LogP contribution is 2.23. The van der Waals surface area contributed by atoms with Gasteiger partial charge in [-0.05, 0) is 59.7 Å². The molecule has 0 aliphatic carbocycles. The van der Waals surface area contributed by atoms with Crippen LogP contribution in [0.2, 0.25) is 0 Å². The minimum Gasteiger partial charge on any atom is -0.207 e. The molecular weight excluding hydrogens is 309 g/mol. The third-order valence-corrected chi connectivity index (χ3v) is 4.17. The summed E-state index contributed by atoms with van der Waals surface area (Å²) in [6.07, 6.45) is 1.05. The summed E-state index contributed by atoms with van der Waals surface area (Å²) in [4.78, 5) is 0. The summed E-state index contributed by atoms with van der Waals surface area (Å²) in [5.41, 5.74) is 3.76. The van der Waals surface area contributed by atoms with E-state index in [0.717, 1.165) is 22.8 Å². The Balaban J connectivity index is 1.72. The molecule has 0 N–H and O–H groups in total. The summed E-state index contributed by atoms with van der Waals surface area (Å²) in [5.74, 6) is -1.81. The lowest BCUT2D eigenvalue weighted by molar-refractivity contribution is 0.498. The lowest BCUT2D eigenvalue weighted by atomic mass is 9.99. The fourth-order valence-corrected chi connectivity index (χ4v) is 2.66. The Hall–Kier alpha value is -2.55. The summed E-state index contributed by atoms with van der Waals surface area (Å²) in [6.45, 7) is 1.73. The van der Waals surface area contributed by atoms with Gasteiger partial charge in [0.25, 0.3) is 0 Å². The van der Waals surface area contributed by atoms with Crippen LogP contribution in [0.25, 0.3) is 11.1 Å². The summed E-state index contributed by atoms with van der Waals surface area (Å²) >= 11 is 0. The van der Waals surface area contributed by atoms with Crippen LogP contribution < -0.4 is 0 Å². The molecule has 0 radical (unpaired) electrons. The van der Waals surface area contributed by atoms with Crippen LogP contribution in [-0.4, -0.2) is 0 Å². The van der Waals surface area contributed by atoms with E-state index in [1.54, 1.807) is 19.1 Å². The molecule has 0 aliphatic rings. The predicted octanol–water partition coefficient (Wildman–Crippen LogP) is 5.86. The zero-order valence-corrected chi connectivity index (χ0v) is 13.3. The van der Waals surface area contributed by atoms with Gasteiger partial charge in [0.05, 0.1) is 0 Å². The van der Waals surface area contributed by atoms with Crippen LogP contribution in [0.15, 0.2) is 60.7 Å². The lowest BCUT2D eigenvalue weighted by Gasteiger charge is -2.07. The van der Waals surface area contributed by atoms with Crippen molar-refractivity contribution < 1.29 is 13.2 Å². The van der Waals surface area contributed by atoms with Crippen molar-refractivity contribution in [3.05, 3.63) is 94.8 Å². The van der Waals surface area contributed by atoms with E-state index in [9.17, 15) is 13.2 Å². The van der Waals surface area contributed by atoms with Gasteiger partial charge < -0.3 is 0 Å². The number of rotatable bonds is 4. The quantitative estimate of drug-likeness (QED) is 0.563. The second kappa shape index (κ2) is 6.91. The topological polar surface area (TPSA) is 0 Å². The molecule has 24 heavy (non-hydrogen) atoms. The molecule has 0 aliphatic heterocycles. The molecule has 3 rings (SSSR count). The molecule has 3 aromatic rings. The summed E-state index contributed by atoms with van der Waals surface area (Å²) in [6, 6.07) is 17.1. The summed E-state index contributed by atoms with van der Waals surface area (Å²) < 4.78 is 40.5. The molecule has 0 amide bonds. The van der Waals surface area contributed by atoms with Crippen LogP contribution in [0, 0.1) is 24.4 Å². The minimum atomic E-state index is -0.816. The number of hydrogen-bond acceptors (Lipinski definition) is 0. The van der Waals surface area contributed by atoms with Crippen molar-refractivity contribution in [3.8, 4) is 11.1 Å². The fourth-order valence-electron chi connectivity index (χ4n) is 2.66. The van der Waals surface area contributed by atoms with Gasteiger partial charge in [0, 0.05) is 0 Å². The molecule has 0 unspecified atom stereocenters. The van der Waals surface area contributed by atoms with Gasteiger partial charge in [0.1, 0.15) is 5.82 Å². The van der Waals surface area contributed by atoms with Crippen molar-refractivity contribution in [1.29, 1.82) is 0 Å². The van der Waals surface area contributed by atoms with Gasteiger partial charge in [-0.15, -0.1) is 0 Å². The molecule has 0 heterocycles. The Morgan fingerprint density at radius 1 is 0.708 bits per heavy atom. The number of hydrogen-bond donors (Lipinski definition) is 0. The molecule has 3 aromatic carbocycles. The van der Waals surface area contributed by atoms with Crippen molar-refractivity contribution in [3.63, 3.8) is 0 Å². The van der Waals surface area contributed by atoms with Gasteiger partial charge in [-0.1, -0.05) is 48.5 Å². The highest BCUT2D eigenvalue weighted by atomic mass is 19.2. The first-order chi connectivity index (χ1) is 11.5. The van der Waals surface area contributed by atoms with E-state index in [1.807, 2.05) is 30.3 Å². The monoisotopic (exact) mass is 326 g/mol. The van der Waals surface area contributed by atoms with Gasteiger partial charge in [-0.3, -0.25) is 0 Å². The van der Waals surface area contributed by atoms with Gasteiger partial charge in [0.2, 0.25) is 0 Å². The second-order valence-electron chi connectivity index (χ2n) is 5.87. The lowest BCUT2D eigenvalue weighted by Crippen LogP contribution is -1.97. The van der Waals surface area contributed by atoms with Gasteiger partial charge in [0.15, 0.2) is 11.6 Å². The SMILES string of the molecule is Cc1ccc(-c2ccc(CCc3cccc(F)c3F)cc2)cc1F. The largest absolute Gasteiger partial charge is 0.207 e. The third-order valence-electron chi connectivity index (χ3n) is 4.17. The minimum absolute atomic E-state index is 0.224. The molecule has 0 saturated carbocycles. The van der Waals surface area contributed by atoms with Crippen molar-refractivity contribution in [1.82, 2.24) is 0 Å². The first kappa shape index (κ1) is 16.3. The maximum absolute atomic E-state index is 13.7. The third kappa shape index (κ3) is 3.51. The van der Waals surface area contributed by atoms with E-state index in [4.69, 9.17) is 0 Å². The van der Waals surface area contributed by atoms with Crippen molar-refractivity contribution in [2.24, 2.45) is 0 Å². The van der Waals surface area contributed by atoms with Crippen LogP contribution >= 0.6 is 0 Å². The van der Waals surface area contributed by atoms with Crippen LogP contribution in [0.1, 0.15) is 16.7 Å². The zero-order valence-electron chi connectivity index (χ0n) is 13.3. The number of aryl methyl sites for hydroxylation is 3. The molecule has 0 nitrogen and oxygen atoms in total. The normalized spacial score (nSPS) is 10.8. The molecular formula is C21H17F3. The Kier molecular flexibility index (Phi) is 4.70. The number of halogens is 3. The van der Waals surface area contributed by atoms with Crippen LogP contribution in [-0.2, 0) is 12.8 Å². The van der Waals surface area contributed by atoms with Crippen molar-refractivity contribution in [2.75, 3.05) is 0 Å². The Morgan fingerprint density at radius 3 is 2.12 bits per heavy atom. The van der Waals surface area contributed by atoms with E-state index in [0.29, 0.717) is 24.0 Å². The van der Waals surface area contributed by atoms with E-state index in [2.05, 4.69) is 0 Å². The molecule has 0 bridgehead atoms. The summed E-state index contributed by atoms with van der Waals surface area (Å²) in [7, 11) is 0. The van der Waals surface area contributed by atoms with E-state index < -0.39 is 11.6 Å². The summed E-state index contributed by atoms with van der Waals surface area (Å²) in [5, 5.41) is 0. The van der Waals surface area contributed by atoms with Gasteiger partial charge in [-0.2, -0.15) is 0 Å². The highest BCUT2D eigenvalue weighted by Gasteiger charge is 2.08. The molecule has 0 fully saturated rings. The molecule has 0 spiro atoms. The van der Waals surface area contributed by atoms with Crippen LogP contribution in [0.5, 0.6) is 0 Å².